The summed E-state index contributed by atoms with van der Waals surface area (Å²) in [6, 6.07) is 3.41. The van der Waals surface area contributed by atoms with Gasteiger partial charge in [-0.1, -0.05) is 11.6 Å². The lowest BCUT2D eigenvalue weighted by atomic mass is 10.1. The van der Waals surface area contributed by atoms with Crippen LogP contribution in [-0.4, -0.2) is 18.9 Å². The van der Waals surface area contributed by atoms with E-state index in [0.717, 1.165) is 19.2 Å². The molecule has 0 aromatic heterocycles. The molecule has 0 N–H and O–H groups in total. The highest BCUT2D eigenvalue weighted by Crippen LogP contribution is 2.25. The van der Waals surface area contributed by atoms with E-state index in [4.69, 9.17) is 23.2 Å². The fourth-order valence-corrected chi connectivity index (χ4v) is 1.52. The Labute approximate surface area is 101 Å². The number of hydrogen-bond donors (Lipinski definition) is 0. The SMILES string of the molecule is COC(=O)C(=O)C(Cl)c1cc(F)cc(Cl)c1. The molecule has 0 amide bonds. The van der Waals surface area contributed by atoms with E-state index in [9.17, 15) is 14.0 Å². The van der Waals surface area contributed by atoms with Gasteiger partial charge in [0.25, 0.3) is 5.78 Å². The van der Waals surface area contributed by atoms with Gasteiger partial charge >= 0.3 is 5.97 Å². The summed E-state index contributed by atoms with van der Waals surface area (Å²) in [5.74, 6) is -2.68. The molecule has 0 aliphatic heterocycles. The van der Waals surface area contributed by atoms with E-state index in [0.29, 0.717) is 0 Å². The highest BCUT2D eigenvalue weighted by Gasteiger charge is 2.26. The fourth-order valence-electron chi connectivity index (χ4n) is 1.08. The summed E-state index contributed by atoms with van der Waals surface area (Å²) in [6.45, 7) is 0. The quantitative estimate of drug-likeness (QED) is 0.479. The molecular formula is C10H7Cl2FO3. The van der Waals surface area contributed by atoms with E-state index < -0.39 is 22.9 Å². The Kier molecular flexibility index (Phi) is 4.26. The van der Waals surface area contributed by atoms with Gasteiger partial charge in [-0.05, 0) is 23.8 Å². The molecule has 1 aromatic rings. The molecule has 1 aromatic carbocycles. The smallest absolute Gasteiger partial charge is 0.376 e. The van der Waals surface area contributed by atoms with Gasteiger partial charge in [0.1, 0.15) is 11.2 Å². The molecule has 0 saturated heterocycles. The third-order valence-electron chi connectivity index (χ3n) is 1.79. The van der Waals surface area contributed by atoms with Crippen molar-refractivity contribution >= 4 is 35.0 Å². The summed E-state index contributed by atoms with van der Waals surface area (Å²) in [7, 11) is 1.06. The molecule has 3 nitrogen and oxygen atoms in total. The van der Waals surface area contributed by atoms with Crippen molar-refractivity contribution in [1.29, 1.82) is 0 Å². The van der Waals surface area contributed by atoms with Gasteiger partial charge in [0.15, 0.2) is 0 Å². The Bertz CT molecular complexity index is 414. The molecule has 1 unspecified atom stereocenters. The highest BCUT2D eigenvalue weighted by atomic mass is 35.5. The molecule has 0 radical (unpaired) electrons. The van der Waals surface area contributed by atoms with Crippen LogP contribution in [0.15, 0.2) is 18.2 Å². The minimum absolute atomic E-state index is 0.0957. The molecule has 1 rings (SSSR count). The molecule has 16 heavy (non-hydrogen) atoms. The summed E-state index contributed by atoms with van der Waals surface area (Å²) in [4.78, 5) is 22.2. The maximum absolute atomic E-state index is 13.0. The van der Waals surface area contributed by atoms with Crippen molar-refractivity contribution in [2.24, 2.45) is 0 Å². The van der Waals surface area contributed by atoms with Gasteiger partial charge in [-0.15, -0.1) is 11.6 Å². The summed E-state index contributed by atoms with van der Waals surface area (Å²) in [5.41, 5.74) is 0.113. The predicted molar refractivity (Wildman–Crippen MR) is 57.0 cm³/mol. The Morgan fingerprint density at radius 1 is 1.38 bits per heavy atom. The molecule has 0 fully saturated rings. The van der Waals surface area contributed by atoms with Crippen molar-refractivity contribution in [1.82, 2.24) is 0 Å². The molecule has 6 heteroatoms. The van der Waals surface area contributed by atoms with E-state index in [1.807, 2.05) is 0 Å². The average Bonchev–Trinajstić information content (AvgIpc) is 2.24. The minimum atomic E-state index is -1.30. The third-order valence-corrected chi connectivity index (χ3v) is 2.46. The Morgan fingerprint density at radius 2 is 2.00 bits per heavy atom. The molecular weight excluding hydrogens is 258 g/mol. The number of hydrogen-bond acceptors (Lipinski definition) is 3. The number of benzene rings is 1. The molecule has 0 spiro atoms. The molecule has 0 bridgehead atoms. The van der Waals surface area contributed by atoms with Crippen LogP contribution in [0.3, 0.4) is 0 Å². The van der Waals surface area contributed by atoms with Gasteiger partial charge in [0.05, 0.1) is 7.11 Å². The lowest BCUT2D eigenvalue weighted by molar-refractivity contribution is -0.151. The van der Waals surface area contributed by atoms with Crippen LogP contribution >= 0.6 is 23.2 Å². The predicted octanol–water partition coefficient (Wildman–Crippen LogP) is 2.50. The van der Waals surface area contributed by atoms with E-state index in [1.165, 1.54) is 6.07 Å². The number of rotatable bonds is 3. The van der Waals surface area contributed by atoms with E-state index >= 15 is 0 Å². The molecule has 0 heterocycles. The minimum Gasteiger partial charge on any atom is -0.463 e. The molecule has 0 aliphatic rings. The second-order valence-corrected chi connectivity index (χ2v) is 3.79. The van der Waals surface area contributed by atoms with Crippen LogP contribution in [0.25, 0.3) is 0 Å². The highest BCUT2D eigenvalue weighted by molar-refractivity contribution is 6.47. The first kappa shape index (κ1) is 12.9. The first-order chi connectivity index (χ1) is 7.45. The molecule has 0 aliphatic carbocycles. The second-order valence-electron chi connectivity index (χ2n) is 2.92. The van der Waals surface area contributed by atoms with Crippen LogP contribution in [0, 0.1) is 5.82 Å². The number of esters is 1. The van der Waals surface area contributed by atoms with Gasteiger partial charge in [0, 0.05) is 5.02 Å². The largest absolute Gasteiger partial charge is 0.463 e. The lowest BCUT2D eigenvalue weighted by Gasteiger charge is -2.07. The summed E-state index contributed by atoms with van der Waals surface area (Å²) in [5, 5.41) is -1.21. The molecule has 0 saturated carbocycles. The van der Waals surface area contributed by atoms with Gasteiger partial charge in [-0.3, -0.25) is 4.79 Å². The van der Waals surface area contributed by atoms with E-state index in [1.54, 1.807) is 0 Å². The van der Waals surface area contributed by atoms with Crippen molar-refractivity contribution in [2.45, 2.75) is 5.38 Å². The fraction of sp³-hybridized carbons (Fsp3) is 0.200. The number of carbonyl (C=O) groups is 2. The summed E-state index contributed by atoms with van der Waals surface area (Å²) < 4.78 is 17.2. The van der Waals surface area contributed by atoms with Crippen molar-refractivity contribution in [3.8, 4) is 0 Å². The number of ketones is 1. The molecule has 86 valence electrons. The van der Waals surface area contributed by atoms with Crippen LogP contribution in [-0.2, 0) is 14.3 Å². The van der Waals surface area contributed by atoms with E-state index in [-0.39, 0.29) is 10.6 Å². The number of halogens is 3. The van der Waals surface area contributed by atoms with Crippen molar-refractivity contribution in [3.63, 3.8) is 0 Å². The average molecular weight is 265 g/mol. The summed E-state index contributed by atoms with van der Waals surface area (Å²) >= 11 is 11.3. The second kappa shape index (κ2) is 5.27. The van der Waals surface area contributed by atoms with Crippen molar-refractivity contribution in [3.05, 3.63) is 34.6 Å². The zero-order valence-electron chi connectivity index (χ0n) is 8.17. The van der Waals surface area contributed by atoms with E-state index in [2.05, 4.69) is 4.74 Å². The van der Waals surface area contributed by atoms with Crippen LogP contribution < -0.4 is 0 Å². The van der Waals surface area contributed by atoms with Gasteiger partial charge in [0.2, 0.25) is 0 Å². The van der Waals surface area contributed by atoms with Crippen molar-refractivity contribution < 1.29 is 18.7 Å². The van der Waals surface area contributed by atoms with Crippen LogP contribution in [0.5, 0.6) is 0 Å². The van der Waals surface area contributed by atoms with Gasteiger partial charge in [-0.25, -0.2) is 9.18 Å². The van der Waals surface area contributed by atoms with Gasteiger partial charge < -0.3 is 4.74 Å². The number of Topliss-reactive ketones (excluding diaryl/α,β-unsaturated/α-hetero) is 1. The first-order valence-corrected chi connectivity index (χ1v) is 4.99. The topological polar surface area (TPSA) is 43.4 Å². The third kappa shape index (κ3) is 2.93. The number of methoxy groups -OCH3 is 1. The maximum atomic E-state index is 13.0. The van der Waals surface area contributed by atoms with Crippen LogP contribution in [0.1, 0.15) is 10.9 Å². The Morgan fingerprint density at radius 3 is 2.50 bits per heavy atom. The normalized spacial score (nSPS) is 12.0. The van der Waals surface area contributed by atoms with Crippen LogP contribution in [0.4, 0.5) is 4.39 Å². The first-order valence-electron chi connectivity index (χ1n) is 4.18. The zero-order chi connectivity index (χ0) is 12.3. The monoisotopic (exact) mass is 264 g/mol. The number of carbonyl (C=O) groups excluding carboxylic acids is 2. The van der Waals surface area contributed by atoms with Crippen LogP contribution in [0.2, 0.25) is 5.02 Å². The van der Waals surface area contributed by atoms with Crippen molar-refractivity contribution in [2.75, 3.05) is 7.11 Å². The molecule has 1 atom stereocenters. The lowest BCUT2D eigenvalue weighted by Crippen LogP contribution is -2.20. The summed E-state index contributed by atoms with van der Waals surface area (Å²) in [6.07, 6.45) is 0. The Hall–Kier alpha value is -1.13. The number of alkyl halides is 1. The Balaban J connectivity index is 3.00. The number of ether oxygens (including phenoxy) is 1. The zero-order valence-corrected chi connectivity index (χ0v) is 9.68. The maximum Gasteiger partial charge on any atom is 0.376 e. The standard InChI is InChI=1S/C10H7Cl2FO3/c1-16-10(15)9(14)8(12)5-2-6(11)4-7(13)3-5/h2-4,8H,1H3. The van der Waals surface area contributed by atoms with Gasteiger partial charge in [-0.2, -0.15) is 0 Å².